The Morgan fingerprint density at radius 2 is 2.29 bits per heavy atom. The van der Waals surface area contributed by atoms with E-state index in [9.17, 15) is 0 Å². The molecule has 0 aliphatic rings. The number of aromatic nitrogens is 4. The Bertz CT molecular complexity index is 504. The lowest BCUT2D eigenvalue weighted by atomic mass is 10.2. The van der Waals surface area contributed by atoms with Gasteiger partial charge in [0.15, 0.2) is 0 Å². The van der Waals surface area contributed by atoms with E-state index in [1.807, 2.05) is 26.2 Å². The van der Waals surface area contributed by atoms with Crippen molar-refractivity contribution in [1.82, 2.24) is 19.7 Å². The molecule has 0 amide bonds. The van der Waals surface area contributed by atoms with Crippen molar-refractivity contribution >= 4 is 5.95 Å². The number of hydrogen-bond acceptors (Lipinski definition) is 5. The van der Waals surface area contributed by atoms with Crippen molar-refractivity contribution in [2.24, 2.45) is 12.8 Å². The highest BCUT2D eigenvalue weighted by Gasteiger charge is 2.08. The average molecular weight is 232 g/mol. The van der Waals surface area contributed by atoms with E-state index in [0.29, 0.717) is 19.0 Å². The molecule has 2 aromatic rings. The largest absolute Gasteiger partial charge is 0.353 e. The van der Waals surface area contributed by atoms with Crippen molar-refractivity contribution in [2.45, 2.75) is 6.92 Å². The summed E-state index contributed by atoms with van der Waals surface area (Å²) >= 11 is 0. The van der Waals surface area contributed by atoms with Gasteiger partial charge in [-0.1, -0.05) is 0 Å². The van der Waals surface area contributed by atoms with E-state index in [-0.39, 0.29) is 0 Å². The second-order valence-corrected chi connectivity index (χ2v) is 3.78. The van der Waals surface area contributed by atoms with Gasteiger partial charge in [0.05, 0.1) is 11.4 Å². The molecule has 0 aromatic carbocycles. The summed E-state index contributed by atoms with van der Waals surface area (Å²) in [5.74, 6) is 0.594. The second kappa shape index (κ2) is 4.92. The highest BCUT2D eigenvalue weighted by Crippen LogP contribution is 2.20. The van der Waals surface area contributed by atoms with E-state index in [0.717, 1.165) is 17.0 Å². The summed E-state index contributed by atoms with van der Waals surface area (Å²) in [4.78, 5) is 8.56. The van der Waals surface area contributed by atoms with Crippen LogP contribution in [0.4, 0.5) is 5.95 Å². The predicted molar refractivity (Wildman–Crippen MR) is 66.5 cm³/mol. The molecule has 0 bridgehead atoms. The van der Waals surface area contributed by atoms with E-state index in [1.165, 1.54) is 0 Å². The lowest BCUT2D eigenvalue weighted by molar-refractivity contribution is 0.756. The van der Waals surface area contributed by atoms with Crippen LogP contribution in [0.3, 0.4) is 0 Å². The molecule has 6 nitrogen and oxygen atoms in total. The molecule has 0 atom stereocenters. The first-order valence-corrected chi connectivity index (χ1v) is 5.48. The van der Waals surface area contributed by atoms with Crippen LogP contribution in [0.2, 0.25) is 0 Å². The van der Waals surface area contributed by atoms with Gasteiger partial charge in [0, 0.05) is 38.1 Å². The number of nitrogens with zero attached hydrogens (tertiary/aromatic N) is 4. The molecule has 2 heterocycles. The highest BCUT2D eigenvalue weighted by molar-refractivity contribution is 5.61. The summed E-state index contributed by atoms with van der Waals surface area (Å²) in [5.41, 5.74) is 8.26. The molecule has 2 aromatic heterocycles. The number of nitrogens with one attached hydrogen (secondary N) is 1. The molecule has 0 radical (unpaired) electrons. The highest BCUT2D eigenvalue weighted by atomic mass is 15.3. The minimum Gasteiger partial charge on any atom is -0.353 e. The Hall–Kier alpha value is -1.95. The van der Waals surface area contributed by atoms with E-state index in [1.54, 1.807) is 10.9 Å². The van der Waals surface area contributed by atoms with Crippen LogP contribution in [-0.2, 0) is 7.05 Å². The third-order valence-corrected chi connectivity index (χ3v) is 2.37. The molecule has 0 spiro atoms. The first-order chi connectivity index (χ1) is 8.20. The summed E-state index contributed by atoms with van der Waals surface area (Å²) in [6.07, 6.45) is 3.68. The quantitative estimate of drug-likeness (QED) is 0.804. The van der Waals surface area contributed by atoms with Gasteiger partial charge in [-0.2, -0.15) is 5.10 Å². The van der Waals surface area contributed by atoms with Crippen LogP contribution in [-0.4, -0.2) is 32.8 Å². The molecule has 3 N–H and O–H groups in total. The van der Waals surface area contributed by atoms with E-state index < -0.39 is 0 Å². The Labute approximate surface area is 99.9 Å². The Kier molecular flexibility index (Phi) is 3.34. The fourth-order valence-electron chi connectivity index (χ4n) is 1.63. The maximum atomic E-state index is 5.42. The number of nitrogens with two attached hydrogens (primary N) is 1. The standard InChI is InChI=1S/C11H16N6/c1-8-9(7-17(2)16-8)10-3-5-13-11(15-10)14-6-4-12/h3,5,7H,4,6,12H2,1-2H3,(H,13,14,15). The summed E-state index contributed by atoms with van der Waals surface area (Å²) < 4.78 is 1.78. The van der Waals surface area contributed by atoms with Gasteiger partial charge < -0.3 is 11.1 Å². The second-order valence-electron chi connectivity index (χ2n) is 3.78. The van der Waals surface area contributed by atoms with E-state index >= 15 is 0 Å². The van der Waals surface area contributed by atoms with Crippen LogP contribution in [0.1, 0.15) is 5.69 Å². The third-order valence-electron chi connectivity index (χ3n) is 2.37. The molecule has 90 valence electrons. The van der Waals surface area contributed by atoms with Crippen molar-refractivity contribution in [3.8, 4) is 11.3 Å². The molecule has 6 heteroatoms. The van der Waals surface area contributed by atoms with Crippen molar-refractivity contribution in [3.63, 3.8) is 0 Å². The number of anilines is 1. The Morgan fingerprint density at radius 3 is 2.94 bits per heavy atom. The molecular weight excluding hydrogens is 216 g/mol. The van der Waals surface area contributed by atoms with Gasteiger partial charge in [0.1, 0.15) is 0 Å². The molecule has 0 fully saturated rings. The van der Waals surface area contributed by atoms with Gasteiger partial charge in [-0.25, -0.2) is 9.97 Å². The van der Waals surface area contributed by atoms with E-state index in [4.69, 9.17) is 5.73 Å². The molecule has 0 unspecified atom stereocenters. The Balaban J connectivity index is 2.29. The normalized spacial score (nSPS) is 10.5. The summed E-state index contributed by atoms with van der Waals surface area (Å²) in [5, 5.41) is 7.35. The van der Waals surface area contributed by atoms with Crippen LogP contribution in [0.25, 0.3) is 11.3 Å². The first-order valence-electron chi connectivity index (χ1n) is 5.48. The van der Waals surface area contributed by atoms with Gasteiger partial charge >= 0.3 is 0 Å². The monoisotopic (exact) mass is 232 g/mol. The molecule has 0 saturated carbocycles. The Morgan fingerprint density at radius 1 is 1.47 bits per heavy atom. The minimum atomic E-state index is 0.555. The molecular formula is C11H16N6. The summed E-state index contributed by atoms with van der Waals surface area (Å²) in [6, 6.07) is 1.87. The van der Waals surface area contributed by atoms with Crippen LogP contribution >= 0.6 is 0 Å². The van der Waals surface area contributed by atoms with Crippen molar-refractivity contribution < 1.29 is 0 Å². The summed E-state index contributed by atoms with van der Waals surface area (Å²) in [6.45, 7) is 3.18. The maximum Gasteiger partial charge on any atom is 0.223 e. The fraction of sp³-hybridized carbons (Fsp3) is 0.364. The van der Waals surface area contributed by atoms with Gasteiger partial charge in [0.25, 0.3) is 0 Å². The minimum absolute atomic E-state index is 0.555. The van der Waals surface area contributed by atoms with Crippen LogP contribution in [0.15, 0.2) is 18.5 Å². The zero-order valence-electron chi connectivity index (χ0n) is 10.0. The lowest BCUT2D eigenvalue weighted by Crippen LogP contribution is -2.14. The molecule has 2 rings (SSSR count). The van der Waals surface area contributed by atoms with Crippen LogP contribution in [0.5, 0.6) is 0 Å². The molecule has 0 saturated heterocycles. The van der Waals surface area contributed by atoms with Crippen molar-refractivity contribution in [3.05, 3.63) is 24.2 Å². The van der Waals surface area contributed by atoms with Crippen LogP contribution in [0, 0.1) is 6.92 Å². The zero-order chi connectivity index (χ0) is 12.3. The maximum absolute atomic E-state index is 5.42. The third kappa shape index (κ3) is 2.59. The lowest BCUT2D eigenvalue weighted by Gasteiger charge is -2.04. The van der Waals surface area contributed by atoms with Gasteiger partial charge in [-0.3, -0.25) is 4.68 Å². The van der Waals surface area contributed by atoms with Gasteiger partial charge in [-0.15, -0.1) is 0 Å². The number of aryl methyl sites for hydroxylation is 2. The smallest absolute Gasteiger partial charge is 0.223 e. The molecule has 17 heavy (non-hydrogen) atoms. The van der Waals surface area contributed by atoms with Crippen LogP contribution < -0.4 is 11.1 Å². The number of hydrogen-bond donors (Lipinski definition) is 2. The van der Waals surface area contributed by atoms with Gasteiger partial charge in [0.2, 0.25) is 5.95 Å². The van der Waals surface area contributed by atoms with Gasteiger partial charge in [-0.05, 0) is 13.0 Å². The predicted octanol–water partition coefficient (Wildman–Crippen LogP) is 0.556. The molecule has 0 aliphatic carbocycles. The topological polar surface area (TPSA) is 81.7 Å². The fourth-order valence-corrected chi connectivity index (χ4v) is 1.63. The SMILES string of the molecule is Cc1nn(C)cc1-c1ccnc(NCCN)n1. The van der Waals surface area contributed by atoms with Crippen molar-refractivity contribution in [2.75, 3.05) is 18.4 Å². The summed E-state index contributed by atoms with van der Waals surface area (Å²) in [7, 11) is 1.89. The first kappa shape index (κ1) is 11.5. The molecule has 0 aliphatic heterocycles. The zero-order valence-corrected chi connectivity index (χ0v) is 10.0. The number of rotatable bonds is 4. The average Bonchev–Trinajstić information content (AvgIpc) is 2.66. The van der Waals surface area contributed by atoms with Crippen molar-refractivity contribution in [1.29, 1.82) is 0 Å². The van der Waals surface area contributed by atoms with E-state index in [2.05, 4.69) is 20.4 Å².